The van der Waals surface area contributed by atoms with Crippen LogP contribution in [0.2, 0.25) is 0 Å². The minimum Gasteiger partial charge on any atom is -0.320 e. The summed E-state index contributed by atoms with van der Waals surface area (Å²) in [5.41, 5.74) is 4.20. The summed E-state index contributed by atoms with van der Waals surface area (Å²) in [4.78, 5) is 2.38. The van der Waals surface area contributed by atoms with Crippen LogP contribution in [-0.2, 0) is 13.0 Å². The summed E-state index contributed by atoms with van der Waals surface area (Å²) >= 11 is 0. The molecule has 0 N–H and O–H groups in total. The molecule has 0 spiro atoms. The van der Waals surface area contributed by atoms with Crippen molar-refractivity contribution in [3.05, 3.63) is 42.1 Å². The van der Waals surface area contributed by atoms with Crippen molar-refractivity contribution in [1.82, 2.24) is 9.47 Å². The second-order valence-electron chi connectivity index (χ2n) is 4.48. The Morgan fingerprint density at radius 1 is 1.31 bits per heavy atom. The summed E-state index contributed by atoms with van der Waals surface area (Å²) in [6.45, 7) is 6.12. The van der Waals surface area contributed by atoms with Crippen LogP contribution >= 0.6 is 0 Å². The van der Waals surface area contributed by atoms with Gasteiger partial charge in [0.25, 0.3) is 0 Å². The molecule has 2 heteroatoms. The van der Waals surface area contributed by atoms with Gasteiger partial charge in [0.1, 0.15) is 0 Å². The Bertz CT molecular complexity index is 551. The van der Waals surface area contributed by atoms with Gasteiger partial charge in [-0.2, -0.15) is 0 Å². The average molecular weight is 212 g/mol. The van der Waals surface area contributed by atoms with Crippen LogP contribution in [0.3, 0.4) is 0 Å². The summed E-state index contributed by atoms with van der Waals surface area (Å²) in [6, 6.07) is 8.60. The van der Waals surface area contributed by atoms with Crippen molar-refractivity contribution < 1.29 is 0 Å². The summed E-state index contributed by atoms with van der Waals surface area (Å²) in [5.74, 6) is 0. The van der Waals surface area contributed by atoms with E-state index in [1.807, 2.05) is 6.20 Å². The highest BCUT2D eigenvalue weighted by atomic mass is 15.1. The first-order chi connectivity index (χ1) is 7.81. The maximum atomic E-state index is 3.93. The van der Waals surface area contributed by atoms with Crippen molar-refractivity contribution in [2.75, 3.05) is 13.6 Å². The first-order valence-corrected chi connectivity index (χ1v) is 5.73. The third-order valence-corrected chi connectivity index (χ3v) is 3.47. The van der Waals surface area contributed by atoms with Gasteiger partial charge in [0.05, 0.1) is 5.52 Å². The Kier molecular flexibility index (Phi) is 2.11. The average Bonchev–Trinajstić information content (AvgIpc) is 2.62. The van der Waals surface area contributed by atoms with Crippen LogP contribution in [0.4, 0.5) is 0 Å². The maximum Gasteiger partial charge on any atom is 0.0528 e. The van der Waals surface area contributed by atoms with Crippen LogP contribution in [-0.4, -0.2) is 23.1 Å². The van der Waals surface area contributed by atoms with E-state index in [1.54, 1.807) is 0 Å². The highest BCUT2D eigenvalue weighted by Gasteiger charge is 2.20. The van der Waals surface area contributed by atoms with E-state index in [9.17, 15) is 0 Å². The normalized spacial score (nSPS) is 16.3. The molecule has 16 heavy (non-hydrogen) atoms. The lowest BCUT2D eigenvalue weighted by Crippen LogP contribution is -2.26. The van der Waals surface area contributed by atoms with E-state index in [0.29, 0.717) is 0 Å². The van der Waals surface area contributed by atoms with E-state index in [4.69, 9.17) is 0 Å². The van der Waals surface area contributed by atoms with Crippen molar-refractivity contribution in [3.63, 3.8) is 0 Å². The number of nitrogens with zero attached hydrogens (tertiary/aromatic N) is 2. The van der Waals surface area contributed by atoms with Crippen molar-refractivity contribution >= 4 is 17.1 Å². The molecule has 1 aliphatic heterocycles. The molecular weight excluding hydrogens is 196 g/mol. The lowest BCUT2D eigenvalue weighted by molar-refractivity contribution is 0.312. The van der Waals surface area contributed by atoms with E-state index in [2.05, 4.69) is 47.4 Å². The quantitative estimate of drug-likeness (QED) is 0.705. The molecular formula is C14H16N2. The molecule has 0 aliphatic carbocycles. The number of rotatable bonds is 1. The third-order valence-electron chi connectivity index (χ3n) is 3.47. The van der Waals surface area contributed by atoms with Gasteiger partial charge in [-0.05, 0) is 18.7 Å². The zero-order valence-corrected chi connectivity index (χ0v) is 9.61. The number of fused-ring (bicyclic) bond motifs is 3. The Morgan fingerprint density at radius 3 is 2.94 bits per heavy atom. The number of para-hydroxylation sites is 1. The maximum absolute atomic E-state index is 3.93. The molecule has 1 aliphatic rings. The molecule has 82 valence electrons. The Balaban J connectivity index is 2.35. The highest BCUT2D eigenvalue weighted by molar-refractivity contribution is 5.87. The molecule has 0 saturated carbocycles. The van der Waals surface area contributed by atoms with E-state index in [0.717, 1.165) is 19.5 Å². The molecule has 0 bridgehead atoms. The molecule has 2 nitrogen and oxygen atoms in total. The summed E-state index contributed by atoms with van der Waals surface area (Å²) in [7, 11) is 2.18. The number of benzene rings is 1. The van der Waals surface area contributed by atoms with Crippen LogP contribution < -0.4 is 0 Å². The predicted octanol–water partition coefficient (Wildman–Crippen LogP) is 2.73. The number of hydrogen-bond acceptors (Lipinski definition) is 1. The van der Waals surface area contributed by atoms with Crippen LogP contribution in [0.5, 0.6) is 0 Å². The fraction of sp³-hybridized carbons (Fsp3) is 0.286. The molecule has 0 fully saturated rings. The van der Waals surface area contributed by atoms with E-state index in [-0.39, 0.29) is 0 Å². The standard InChI is InChI=1S/C14H16N2/c1-3-16-13-7-5-4-6-11(13)12-10-15(2)9-8-14(12)16/h3-7H,1,8-10H2,2H3. The second-order valence-corrected chi connectivity index (χ2v) is 4.48. The van der Waals surface area contributed by atoms with Crippen LogP contribution in [0.15, 0.2) is 30.8 Å². The van der Waals surface area contributed by atoms with Crippen LogP contribution in [0.1, 0.15) is 11.3 Å². The molecule has 0 atom stereocenters. The first-order valence-electron chi connectivity index (χ1n) is 5.73. The molecule has 0 radical (unpaired) electrons. The lowest BCUT2D eigenvalue weighted by atomic mass is 10.1. The van der Waals surface area contributed by atoms with Crippen molar-refractivity contribution in [3.8, 4) is 0 Å². The van der Waals surface area contributed by atoms with Crippen molar-refractivity contribution in [2.24, 2.45) is 0 Å². The molecule has 1 aromatic heterocycles. The fourth-order valence-electron chi connectivity index (χ4n) is 2.69. The monoisotopic (exact) mass is 212 g/mol. The van der Waals surface area contributed by atoms with Crippen LogP contribution in [0, 0.1) is 0 Å². The predicted molar refractivity (Wildman–Crippen MR) is 68.4 cm³/mol. The molecule has 2 heterocycles. The SMILES string of the molecule is C=Cn1c2c(c3ccccc31)CN(C)CC2. The van der Waals surface area contributed by atoms with Gasteiger partial charge in [0.2, 0.25) is 0 Å². The molecule has 2 aromatic rings. The third kappa shape index (κ3) is 1.23. The fourth-order valence-corrected chi connectivity index (χ4v) is 2.69. The number of hydrogen-bond donors (Lipinski definition) is 0. The van der Waals surface area contributed by atoms with Gasteiger partial charge in [-0.1, -0.05) is 24.8 Å². The van der Waals surface area contributed by atoms with Gasteiger partial charge >= 0.3 is 0 Å². The zero-order valence-electron chi connectivity index (χ0n) is 9.61. The van der Waals surface area contributed by atoms with Crippen LogP contribution in [0.25, 0.3) is 17.1 Å². The second kappa shape index (κ2) is 3.49. The van der Waals surface area contributed by atoms with E-state index < -0.39 is 0 Å². The molecule has 0 saturated heterocycles. The Morgan fingerprint density at radius 2 is 2.12 bits per heavy atom. The van der Waals surface area contributed by atoms with Gasteiger partial charge in [-0.25, -0.2) is 0 Å². The first kappa shape index (κ1) is 9.67. The van der Waals surface area contributed by atoms with Gasteiger partial charge in [0.15, 0.2) is 0 Å². The van der Waals surface area contributed by atoms with Gasteiger partial charge < -0.3 is 9.47 Å². The van der Waals surface area contributed by atoms with Crippen molar-refractivity contribution in [1.29, 1.82) is 0 Å². The minimum absolute atomic E-state index is 1.05. The van der Waals surface area contributed by atoms with Gasteiger partial charge in [-0.3, -0.25) is 0 Å². The lowest BCUT2D eigenvalue weighted by Gasteiger charge is -2.23. The number of aromatic nitrogens is 1. The summed E-state index contributed by atoms with van der Waals surface area (Å²) < 4.78 is 2.25. The number of likely N-dealkylation sites (N-methyl/N-ethyl adjacent to an activating group) is 1. The summed E-state index contributed by atoms with van der Waals surface area (Å²) in [6.07, 6.45) is 3.05. The highest BCUT2D eigenvalue weighted by Crippen LogP contribution is 2.30. The van der Waals surface area contributed by atoms with Gasteiger partial charge in [-0.15, -0.1) is 0 Å². The topological polar surface area (TPSA) is 8.17 Å². The molecule has 3 rings (SSSR count). The Hall–Kier alpha value is -1.54. The molecule has 0 unspecified atom stereocenters. The smallest absolute Gasteiger partial charge is 0.0528 e. The summed E-state index contributed by atoms with van der Waals surface area (Å²) in [5, 5.41) is 1.38. The molecule has 1 aromatic carbocycles. The Labute approximate surface area is 95.8 Å². The minimum atomic E-state index is 1.05. The zero-order chi connectivity index (χ0) is 11.1. The molecule has 0 amide bonds. The van der Waals surface area contributed by atoms with E-state index >= 15 is 0 Å². The van der Waals surface area contributed by atoms with E-state index in [1.165, 1.54) is 22.2 Å². The van der Waals surface area contributed by atoms with Crippen molar-refractivity contribution in [2.45, 2.75) is 13.0 Å². The van der Waals surface area contributed by atoms with Gasteiger partial charge in [0, 0.05) is 36.8 Å². The largest absolute Gasteiger partial charge is 0.320 e.